The summed E-state index contributed by atoms with van der Waals surface area (Å²) in [6, 6.07) is 5.64. The van der Waals surface area contributed by atoms with Crippen LogP contribution in [0.3, 0.4) is 0 Å². The molecule has 2 rings (SSSR count). The van der Waals surface area contributed by atoms with Crippen LogP contribution in [-0.2, 0) is 9.84 Å². The maximum Gasteiger partial charge on any atom is 0.177 e. The predicted octanol–water partition coefficient (Wildman–Crippen LogP) is 2.54. The average Bonchev–Trinajstić information content (AvgIpc) is 2.33. The number of rotatable bonds is 2. The minimum atomic E-state index is -3.29. The van der Waals surface area contributed by atoms with E-state index in [0.29, 0.717) is 23.6 Å². The summed E-state index contributed by atoms with van der Waals surface area (Å²) in [6.07, 6.45) is 2.40. The van der Waals surface area contributed by atoms with Crippen LogP contribution in [0.4, 0.5) is 11.4 Å². The van der Waals surface area contributed by atoms with Gasteiger partial charge in [-0.1, -0.05) is 19.9 Å². The lowest BCUT2D eigenvalue weighted by molar-refractivity contribution is 0.297. The van der Waals surface area contributed by atoms with Crippen molar-refractivity contribution in [3.05, 3.63) is 18.2 Å². The van der Waals surface area contributed by atoms with Crippen molar-refractivity contribution in [1.29, 1.82) is 0 Å². The zero-order valence-electron chi connectivity index (χ0n) is 12.6. The second-order valence-corrected chi connectivity index (χ2v) is 8.16. The summed E-state index contributed by atoms with van der Waals surface area (Å²) in [4.78, 5) is 2.48. The molecule has 1 aliphatic rings. The van der Waals surface area contributed by atoms with Crippen LogP contribution in [0.1, 0.15) is 27.2 Å². The lowest BCUT2D eigenvalue weighted by atomic mass is 9.85. The molecule has 1 fully saturated rings. The standard InChI is InChI=1S/C15H24N2O2S/c1-10-8-11(2)12(3)17(9-10)13-6-5-7-14(15(13)16)20(4,18)19/h5-7,10-12H,8-9,16H2,1-4H3. The van der Waals surface area contributed by atoms with E-state index in [0.717, 1.165) is 12.2 Å². The highest BCUT2D eigenvalue weighted by Crippen LogP contribution is 2.36. The zero-order valence-corrected chi connectivity index (χ0v) is 13.4. The number of nitrogens with zero attached hydrogens (tertiary/aromatic N) is 1. The molecule has 3 atom stereocenters. The third-order valence-corrected chi connectivity index (χ3v) is 5.50. The van der Waals surface area contributed by atoms with Crippen LogP contribution in [0, 0.1) is 11.8 Å². The van der Waals surface area contributed by atoms with Gasteiger partial charge in [-0.25, -0.2) is 8.42 Å². The quantitative estimate of drug-likeness (QED) is 0.852. The summed E-state index contributed by atoms with van der Waals surface area (Å²) in [7, 11) is -3.29. The SMILES string of the molecule is CC1CC(C)C(C)N(c2cccc(S(C)(=O)=O)c2N)C1. The van der Waals surface area contributed by atoms with Crippen molar-refractivity contribution in [3.63, 3.8) is 0 Å². The van der Waals surface area contributed by atoms with Crippen molar-refractivity contribution < 1.29 is 8.42 Å². The molecule has 0 bridgehead atoms. The lowest BCUT2D eigenvalue weighted by Crippen LogP contribution is -2.46. The molecule has 20 heavy (non-hydrogen) atoms. The zero-order chi connectivity index (χ0) is 15.1. The van der Waals surface area contributed by atoms with E-state index in [4.69, 9.17) is 5.73 Å². The molecule has 0 spiro atoms. The number of nitrogen functional groups attached to an aromatic ring is 1. The Bertz CT molecular complexity index is 598. The molecule has 0 radical (unpaired) electrons. The Balaban J connectivity index is 2.47. The first kappa shape index (κ1) is 15.2. The van der Waals surface area contributed by atoms with Crippen LogP contribution in [0.25, 0.3) is 0 Å². The molecule has 5 heteroatoms. The maximum atomic E-state index is 11.8. The summed E-state index contributed by atoms with van der Waals surface area (Å²) in [6.45, 7) is 7.57. The first-order chi connectivity index (χ1) is 9.21. The molecule has 3 unspecified atom stereocenters. The van der Waals surface area contributed by atoms with E-state index >= 15 is 0 Å². The van der Waals surface area contributed by atoms with Crippen molar-refractivity contribution in [2.45, 2.75) is 38.1 Å². The highest BCUT2D eigenvalue weighted by molar-refractivity contribution is 7.90. The van der Waals surface area contributed by atoms with E-state index in [2.05, 4.69) is 25.7 Å². The molecule has 0 aliphatic carbocycles. The molecule has 0 saturated carbocycles. The molecule has 1 aliphatic heterocycles. The van der Waals surface area contributed by atoms with E-state index in [1.54, 1.807) is 12.1 Å². The molecule has 4 nitrogen and oxygen atoms in total. The molecule has 0 amide bonds. The smallest absolute Gasteiger partial charge is 0.177 e. The van der Waals surface area contributed by atoms with Crippen molar-refractivity contribution in [2.24, 2.45) is 11.8 Å². The fourth-order valence-corrected chi connectivity index (χ4v) is 3.97. The van der Waals surface area contributed by atoms with Crippen molar-refractivity contribution in [2.75, 3.05) is 23.4 Å². The van der Waals surface area contributed by atoms with Gasteiger partial charge in [-0.15, -0.1) is 0 Å². The summed E-state index contributed by atoms with van der Waals surface area (Å²) in [5, 5.41) is 0. The highest BCUT2D eigenvalue weighted by Gasteiger charge is 2.30. The molecule has 1 saturated heterocycles. The summed E-state index contributed by atoms with van der Waals surface area (Å²) in [5.41, 5.74) is 7.36. The van der Waals surface area contributed by atoms with Crippen LogP contribution in [-0.4, -0.2) is 27.3 Å². The van der Waals surface area contributed by atoms with E-state index in [9.17, 15) is 8.42 Å². The van der Waals surface area contributed by atoms with Crippen LogP contribution >= 0.6 is 0 Å². The predicted molar refractivity (Wildman–Crippen MR) is 83.7 cm³/mol. The van der Waals surface area contributed by atoms with Gasteiger partial charge in [0, 0.05) is 18.8 Å². The Hall–Kier alpha value is -1.23. The Morgan fingerprint density at radius 1 is 1.25 bits per heavy atom. The van der Waals surface area contributed by atoms with E-state index in [1.165, 1.54) is 12.7 Å². The van der Waals surface area contributed by atoms with E-state index in [1.807, 2.05) is 6.07 Å². The number of sulfone groups is 1. The molecular weight excluding hydrogens is 272 g/mol. The van der Waals surface area contributed by atoms with Gasteiger partial charge in [-0.2, -0.15) is 0 Å². The van der Waals surface area contributed by atoms with Gasteiger partial charge < -0.3 is 10.6 Å². The highest BCUT2D eigenvalue weighted by atomic mass is 32.2. The van der Waals surface area contributed by atoms with Crippen LogP contribution in [0.5, 0.6) is 0 Å². The fourth-order valence-electron chi connectivity index (χ4n) is 3.14. The van der Waals surface area contributed by atoms with Gasteiger partial charge in [0.2, 0.25) is 0 Å². The van der Waals surface area contributed by atoms with Crippen LogP contribution < -0.4 is 10.6 Å². The topological polar surface area (TPSA) is 63.4 Å². The Kier molecular flexibility index (Phi) is 4.00. The first-order valence-electron chi connectivity index (χ1n) is 7.07. The molecule has 0 aromatic heterocycles. The molecule has 1 aromatic carbocycles. The second kappa shape index (κ2) is 5.28. The van der Waals surface area contributed by atoms with Gasteiger partial charge in [0.25, 0.3) is 0 Å². The Labute approximate surface area is 121 Å². The summed E-state index contributed by atoms with van der Waals surface area (Å²) >= 11 is 0. The van der Waals surface area contributed by atoms with Crippen molar-refractivity contribution in [3.8, 4) is 0 Å². The number of hydrogen-bond acceptors (Lipinski definition) is 4. The molecule has 1 aromatic rings. The molecule has 1 heterocycles. The van der Waals surface area contributed by atoms with Crippen LogP contribution in [0.2, 0.25) is 0 Å². The van der Waals surface area contributed by atoms with Gasteiger partial charge >= 0.3 is 0 Å². The third kappa shape index (κ3) is 2.77. The molecular formula is C15H24N2O2S. The second-order valence-electron chi connectivity index (χ2n) is 6.17. The van der Waals surface area contributed by atoms with Gasteiger partial charge in [-0.05, 0) is 37.3 Å². The number of hydrogen-bond donors (Lipinski definition) is 1. The van der Waals surface area contributed by atoms with Crippen molar-refractivity contribution >= 4 is 21.2 Å². The van der Waals surface area contributed by atoms with E-state index in [-0.39, 0.29) is 4.90 Å². The minimum absolute atomic E-state index is 0.230. The average molecular weight is 296 g/mol. The monoisotopic (exact) mass is 296 g/mol. The number of piperidine rings is 1. The number of nitrogens with two attached hydrogens (primary N) is 1. The van der Waals surface area contributed by atoms with Crippen LogP contribution in [0.15, 0.2) is 23.1 Å². The molecule has 2 N–H and O–H groups in total. The maximum absolute atomic E-state index is 11.8. The van der Waals surface area contributed by atoms with Gasteiger partial charge in [0.1, 0.15) is 0 Å². The largest absolute Gasteiger partial charge is 0.396 e. The van der Waals surface area contributed by atoms with Gasteiger partial charge in [0.05, 0.1) is 16.3 Å². The fraction of sp³-hybridized carbons (Fsp3) is 0.600. The lowest BCUT2D eigenvalue weighted by Gasteiger charge is -2.43. The van der Waals surface area contributed by atoms with Gasteiger partial charge in [0.15, 0.2) is 9.84 Å². The van der Waals surface area contributed by atoms with Gasteiger partial charge in [-0.3, -0.25) is 0 Å². The van der Waals surface area contributed by atoms with E-state index < -0.39 is 9.84 Å². The third-order valence-electron chi connectivity index (χ3n) is 4.35. The van der Waals surface area contributed by atoms with Crippen molar-refractivity contribution in [1.82, 2.24) is 0 Å². The first-order valence-corrected chi connectivity index (χ1v) is 8.96. The Morgan fingerprint density at radius 3 is 2.50 bits per heavy atom. The summed E-state index contributed by atoms with van der Waals surface area (Å²) in [5.74, 6) is 1.16. The normalized spacial score (nSPS) is 27.6. The Morgan fingerprint density at radius 2 is 1.90 bits per heavy atom. The summed E-state index contributed by atoms with van der Waals surface area (Å²) < 4.78 is 23.6. The number of para-hydroxylation sites is 1. The number of anilines is 2. The molecule has 112 valence electrons. The number of benzene rings is 1. The minimum Gasteiger partial charge on any atom is -0.396 e.